The Kier molecular flexibility index (Phi) is 25.3. The summed E-state index contributed by atoms with van der Waals surface area (Å²) in [6.45, 7) is 2.00. The molecule has 0 aromatic heterocycles. The van der Waals surface area contributed by atoms with E-state index >= 15 is 0 Å². The maximum atomic E-state index is 14.0. The third-order valence-corrected chi connectivity index (χ3v) is 22.8. The summed E-state index contributed by atoms with van der Waals surface area (Å²) < 4.78 is 276. The molecule has 3 heterocycles. The maximum Gasteiger partial charge on any atom is 0.186 e. The van der Waals surface area contributed by atoms with E-state index in [0.29, 0.717) is 23.7 Å². The number of allylic oxidation sites excluding steroid dienone is 2. The minimum atomic E-state index is -1.91. The lowest BCUT2D eigenvalue weighted by atomic mass is 10.0. The molecule has 10 bridgehead atoms. The van der Waals surface area contributed by atoms with Gasteiger partial charge in [0.25, 0.3) is 0 Å². The van der Waals surface area contributed by atoms with Crippen molar-refractivity contribution in [1.82, 2.24) is 0 Å². The number of carbonyl (C=O) groups is 5. The number of anilines is 4. The van der Waals surface area contributed by atoms with Crippen molar-refractivity contribution in [3.8, 4) is 0 Å². The summed E-state index contributed by atoms with van der Waals surface area (Å²) in [7, 11) is 0. The van der Waals surface area contributed by atoms with Crippen molar-refractivity contribution in [2.45, 2.75) is 147 Å². The number of fused-ring (bicyclic) bond motifs is 16. The highest BCUT2D eigenvalue weighted by Crippen LogP contribution is 2.62. The number of ether oxygens (including phenoxy) is 1. The standard InChI is InChI=1S/4C14H11F4NO.C7HF4N3O.C7H10.C4H8O.2CH4/c2*15-8-7(4-20)9(16)11(18)14(10(8)17)19-12-5-1-2-6(3-5)13(12)19;2*15-9-8(5-20)10(16)12(18)14(11(9)17)19-13-6-1-2-7(13)4-3-6;8-3-2(1-15)4(9)6(11)7(5(3)10)13-14-12;1-2-7-4-3-6(1)5-7;1-2-4-5-3-1;;/h2*4-6,12-13H,1-3H2;2*1-2,5-7,13,19H,3-4H2;1H;1-2,6-7H,3-5H2;1-4H2;2*1H4. The van der Waals surface area contributed by atoms with Crippen molar-refractivity contribution in [3.63, 3.8) is 0 Å². The van der Waals surface area contributed by atoms with Crippen LogP contribution in [0.5, 0.6) is 0 Å². The van der Waals surface area contributed by atoms with Gasteiger partial charge in [0, 0.05) is 30.2 Å². The Morgan fingerprint density at radius 3 is 0.807 bits per heavy atom. The first-order chi connectivity index (χ1) is 51.2. The fourth-order valence-corrected chi connectivity index (χ4v) is 17.6. The molecule has 14 unspecified atom stereocenters. The predicted molar refractivity (Wildman–Crippen MR) is 358 cm³/mol. The molecule has 0 radical (unpaired) electrons. The summed E-state index contributed by atoms with van der Waals surface area (Å²) in [5.41, 5.74) is -2.71. The molecule has 5 aromatic rings. The van der Waals surface area contributed by atoms with Gasteiger partial charge in [-0.15, -0.1) is 0 Å². The number of hydrogen-bond acceptors (Lipinski definition) is 11. The summed E-state index contributed by atoms with van der Waals surface area (Å²) in [4.78, 5) is 57.0. The first kappa shape index (κ1) is 82.2. The Morgan fingerprint density at radius 2 is 0.606 bits per heavy atom. The van der Waals surface area contributed by atoms with Crippen LogP contribution in [-0.2, 0) is 4.74 Å². The first-order valence-corrected chi connectivity index (χ1v) is 34.5. The van der Waals surface area contributed by atoms with E-state index in [-0.39, 0.29) is 106 Å². The molecular weight excluding hydrogens is 1490 g/mol. The summed E-state index contributed by atoms with van der Waals surface area (Å²) in [6, 6.07) is -0.533. The lowest BCUT2D eigenvalue weighted by Gasteiger charge is -2.20. The fraction of sp³-hybridized carbons (Fsp3) is 0.461. The summed E-state index contributed by atoms with van der Waals surface area (Å²) in [6.07, 6.45) is 27.8. The van der Waals surface area contributed by atoms with Crippen LogP contribution in [0.1, 0.15) is 163 Å². The molecule has 0 spiro atoms. The van der Waals surface area contributed by atoms with Gasteiger partial charge in [-0.3, -0.25) is 24.0 Å². The van der Waals surface area contributed by atoms with Crippen molar-refractivity contribution in [2.24, 2.45) is 64.3 Å². The number of piperidine rings is 2. The molecular formula is C76H71F20N7O6. The SMILES string of the molecule is C.C.C1=CC2CCC1C2.C1CCOC1.O=Cc1c(F)c(F)c(N2C3C4CCC(C4)C32)c(F)c1F.O=Cc1c(F)c(F)c(N2C3C4CCC(C4)C32)c(F)c1F.O=Cc1c(F)c(F)c(NC2C3C=CC2CC3)c(F)c1F.O=Cc1c(F)c(F)c(NC2C3C=CC2CC3)c(F)c1F.[N-]=[N+]=Nc1c(F)c(F)c(C=O)c(F)c1F. The van der Waals surface area contributed by atoms with Crippen LogP contribution in [-0.4, -0.2) is 80.9 Å². The van der Waals surface area contributed by atoms with Crippen molar-refractivity contribution in [1.29, 1.82) is 0 Å². The summed E-state index contributed by atoms with van der Waals surface area (Å²) in [5, 5.41) is 7.57. The Hall–Kier alpha value is -9.26. The van der Waals surface area contributed by atoms with Gasteiger partial charge in [0.15, 0.2) is 148 Å². The average molecular weight is 1560 g/mol. The second-order valence-electron chi connectivity index (χ2n) is 28.3. The maximum absolute atomic E-state index is 14.0. The van der Waals surface area contributed by atoms with E-state index in [9.17, 15) is 112 Å². The quantitative estimate of drug-likeness (QED) is 0.0179. The molecule has 18 rings (SSSR count). The number of carbonyl (C=O) groups excluding carboxylic acids is 5. The largest absolute Gasteiger partial charge is 0.381 e. The molecule has 10 aliphatic carbocycles. The number of rotatable bonds is 12. The molecule has 5 aromatic carbocycles. The van der Waals surface area contributed by atoms with Gasteiger partial charge in [-0.1, -0.05) is 56.4 Å². The van der Waals surface area contributed by atoms with Gasteiger partial charge in [0.05, 0.1) is 52.0 Å². The van der Waals surface area contributed by atoms with Gasteiger partial charge in [-0.2, -0.15) is 0 Å². The summed E-state index contributed by atoms with van der Waals surface area (Å²) >= 11 is 0. The molecule has 586 valence electrons. The van der Waals surface area contributed by atoms with E-state index in [4.69, 9.17) is 10.3 Å². The lowest BCUT2D eigenvalue weighted by Crippen LogP contribution is -2.27. The molecule has 13 aliphatic rings. The molecule has 33 heteroatoms. The van der Waals surface area contributed by atoms with E-state index in [0.717, 1.165) is 89.3 Å². The predicted octanol–water partition coefficient (Wildman–Crippen LogP) is 20.0. The molecule has 3 aliphatic heterocycles. The topological polar surface area (TPSA) is 173 Å². The van der Waals surface area contributed by atoms with E-state index < -0.39 is 173 Å². The monoisotopic (exact) mass is 1560 g/mol. The fourth-order valence-electron chi connectivity index (χ4n) is 17.6. The van der Waals surface area contributed by atoms with E-state index in [1.165, 1.54) is 41.9 Å². The first-order valence-electron chi connectivity index (χ1n) is 34.5. The number of azide groups is 1. The number of hydrogen-bond donors (Lipinski definition) is 2. The Labute approximate surface area is 610 Å². The van der Waals surface area contributed by atoms with Gasteiger partial charge in [-0.25, -0.2) is 87.8 Å². The highest BCUT2D eigenvalue weighted by molar-refractivity contribution is 5.81. The van der Waals surface area contributed by atoms with E-state index in [1.807, 2.05) is 29.2 Å². The van der Waals surface area contributed by atoms with Gasteiger partial charge >= 0.3 is 0 Å². The second-order valence-corrected chi connectivity index (χ2v) is 28.3. The van der Waals surface area contributed by atoms with Gasteiger partial charge < -0.3 is 25.2 Å². The van der Waals surface area contributed by atoms with Crippen LogP contribution in [0.2, 0.25) is 0 Å². The summed E-state index contributed by atoms with van der Waals surface area (Å²) in [5.74, 6) is -28.9. The molecule has 109 heavy (non-hydrogen) atoms. The van der Waals surface area contributed by atoms with Crippen LogP contribution < -0.4 is 20.4 Å². The Morgan fingerprint density at radius 1 is 0.349 bits per heavy atom. The molecule has 7 saturated carbocycles. The number of benzene rings is 5. The minimum Gasteiger partial charge on any atom is -0.381 e. The number of nitrogens with one attached hydrogen (secondary N) is 2. The number of aldehydes is 5. The van der Waals surface area contributed by atoms with Crippen molar-refractivity contribution in [3.05, 3.63) is 191 Å². The second kappa shape index (κ2) is 33.5. The third-order valence-electron chi connectivity index (χ3n) is 22.8. The van der Waals surface area contributed by atoms with Gasteiger partial charge in [0.2, 0.25) is 0 Å². The van der Waals surface area contributed by atoms with Crippen LogP contribution >= 0.6 is 0 Å². The zero-order valence-corrected chi connectivity index (χ0v) is 55.9. The molecule has 0 amide bonds. The van der Waals surface area contributed by atoms with Crippen LogP contribution in [0.15, 0.2) is 41.6 Å². The smallest absolute Gasteiger partial charge is 0.186 e. The zero-order valence-electron chi connectivity index (χ0n) is 55.9. The van der Waals surface area contributed by atoms with E-state index in [2.05, 4.69) is 27.9 Å². The van der Waals surface area contributed by atoms with Crippen molar-refractivity contribution >= 4 is 59.9 Å². The minimum absolute atomic E-state index is 0. The van der Waals surface area contributed by atoms with Crippen LogP contribution in [0, 0.1) is 176 Å². The lowest BCUT2D eigenvalue weighted by molar-refractivity contribution is 0.110. The number of halogens is 20. The Balaban J connectivity index is 0.000000139. The van der Waals surface area contributed by atoms with E-state index in [1.54, 1.807) is 0 Å². The molecule has 10 fully saturated rings. The van der Waals surface area contributed by atoms with Gasteiger partial charge in [0.1, 0.15) is 28.4 Å². The molecule has 14 atom stereocenters. The van der Waals surface area contributed by atoms with Crippen molar-refractivity contribution in [2.75, 3.05) is 33.6 Å². The average Bonchev–Trinajstić information content (AvgIpc) is 1.53. The molecule has 2 N–H and O–H groups in total. The Bertz CT molecular complexity index is 4110. The molecule has 3 saturated heterocycles. The third kappa shape index (κ3) is 14.9. The van der Waals surface area contributed by atoms with Crippen LogP contribution in [0.25, 0.3) is 10.4 Å². The van der Waals surface area contributed by atoms with Crippen LogP contribution in [0.4, 0.5) is 116 Å². The van der Waals surface area contributed by atoms with Crippen molar-refractivity contribution < 1.29 is 117 Å². The van der Waals surface area contributed by atoms with Gasteiger partial charge in [-0.05, 0) is 161 Å². The highest BCUT2D eigenvalue weighted by Gasteiger charge is 2.66. The van der Waals surface area contributed by atoms with Crippen LogP contribution in [0.3, 0.4) is 0 Å². The highest BCUT2D eigenvalue weighted by atomic mass is 19.2. The normalized spacial score (nSPS) is 27.6. The number of nitrogens with zero attached hydrogens (tertiary/aromatic N) is 5. The zero-order chi connectivity index (χ0) is 77.0. The molecule has 13 nitrogen and oxygen atoms in total.